The minimum Gasteiger partial charge on any atom is -0.456 e. The molecule has 0 aliphatic heterocycles. The molecule has 0 amide bonds. The standard InChI is InChI=1S/C26H16N2O/c1-2-9-17(10-3-1)26-27-21-14-6-4-11-18(21)25(28-26)20-13-8-16-23-24(20)19-12-5-7-15-22(19)29-23/h1-16H. The number of furan rings is 1. The van der Waals surface area contributed by atoms with Crippen molar-refractivity contribution in [2.45, 2.75) is 0 Å². The Balaban J connectivity index is 1.74. The monoisotopic (exact) mass is 372 g/mol. The second-order valence-corrected chi connectivity index (χ2v) is 7.06. The largest absolute Gasteiger partial charge is 0.456 e. The second kappa shape index (κ2) is 6.28. The van der Waals surface area contributed by atoms with Gasteiger partial charge in [-0.25, -0.2) is 9.97 Å². The average molecular weight is 372 g/mol. The molecule has 0 saturated heterocycles. The molecule has 6 rings (SSSR count). The Morgan fingerprint density at radius 1 is 0.552 bits per heavy atom. The van der Waals surface area contributed by atoms with Gasteiger partial charge in [-0.15, -0.1) is 0 Å². The van der Waals surface area contributed by atoms with E-state index < -0.39 is 0 Å². The smallest absolute Gasteiger partial charge is 0.160 e. The summed E-state index contributed by atoms with van der Waals surface area (Å²) < 4.78 is 6.10. The third kappa shape index (κ3) is 2.52. The van der Waals surface area contributed by atoms with Gasteiger partial charge in [0.05, 0.1) is 11.2 Å². The Hall–Kier alpha value is -3.98. The van der Waals surface area contributed by atoms with Crippen LogP contribution >= 0.6 is 0 Å². The first kappa shape index (κ1) is 16.0. The molecule has 4 aromatic carbocycles. The topological polar surface area (TPSA) is 38.9 Å². The van der Waals surface area contributed by atoms with E-state index in [9.17, 15) is 0 Å². The molecule has 0 bridgehead atoms. The predicted octanol–water partition coefficient (Wildman–Crippen LogP) is 6.86. The number of fused-ring (bicyclic) bond motifs is 4. The number of hydrogen-bond acceptors (Lipinski definition) is 3. The minimum absolute atomic E-state index is 0.726. The molecule has 0 unspecified atom stereocenters. The highest BCUT2D eigenvalue weighted by molar-refractivity contribution is 6.14. The Kier molecular flexibility index (Phi) is 3.47. The van der Waals surface area contributed by atoms with Crippen molar-refractivity contribution in [3.8, 4) is 22.6 Å². The molecular weight excluding hydrogens is 356 g/mol. The summed E-state index contributed by atoms with van der Waals surface area (Å²) in [5, 5.41) is 3.22. The van der Waals surface area contributed by atoms with Crippen LogP contribution in [-0.4, -0.2) is 9.97 Å². The van der Waals surface area contributed by atoms with Crippen molar-refractivity contribution in [1.82, 2.24) is 9.97 Å². The van der Waals surface area contributed by atoms with Crippen LogP contribution in [0.3, 0.4) is 0 Å². The van der Waals surface area contributed by atoms with Crippen LogP contribution in [0, 0.1) is 0 Å². The summed E-state index contributed by atoms with van der Waals surface area (Å²) >= 11 is 0. The van der Waals surface area contributed by atoms with Gasteiger partial charge in [0.25, 0.3) is 0 Å². The molecule has 3 heteroatoms. The first-order valence-corrected chi connectivity index (χ1v) is 9.61. The van der Waals surface area contributed by atoms with Crippen LogP contribution in [0.2, 0.25) is 0 Å². The molecule has 0 saturated carbocycles. The zero-order valence-electron chi connectivity index (χ0n) is 15.5. The summed E-state index contributed by atoms with van der Waals surface area (Å²) in [7, 11) is 0. The Bertz CT molecular complexity index is 1500. The number of para-hydroxylation sites is 2. The molecule has 0 spiro atoms. The second-order valence-electron chi connectivity index (χ2n) is 7.06. The maximum absolute atomic E-state index is 6.10. The van der Waals surface area contributed by atoms with Crippen molar-refractivity contribution >= 4 is 32.8 Å². The molecule has 0 fully saturated rings. The highest BCUT2D eigenvalue weighted by atomic mass is 16.3. The van der Waals surface area contributed by atoms with E-state index in [1.54, 1.807) is 0 Å². The molecular formula is C26H16N2O. The highest BCUT2D eigenvalue weighted by Crippen LogP contribution is 2.38. The fourth-order valence-corrected chi connectivity index (χ4v) is 3.97. The lowest BCUT2D eigenvalue weighted by Gasteiger charge is -2.10. The van der Waals surface area contributed by atoms with E-state index in [0.29, 0.717) is 0 Å². The summed E-state index contributed by atoms with van der Waals surface area (Å²) in [6.45, 7) is 0. The maximum Gasteiger partial charge on any atom is 0.160 e. The third-order valence-electron chi connectivity index (χ3n) is 5.29. The fourth-order valence-electron chi connectivity index (χ4n) is 3.97. The van der Waals surface area contributed by atoms with Crippen molar-refractivity contribution in [3.63, 3.8) is 0 Å². The van der Waals surface area contributed by atoms with Gasteiger partial charge in [-0.05, 0) is 18.2 Å². The van der Waals surface area contributed by atoms with Crippen LogP contribution < -0.4 is 0 Å². The lowest BCUT2D eigenvalue weighted by Crippen LogP contribution is -1.95. The predicted molar refractivity (Wildman–Crippen MR) is 118 cm³/mol. The van der Waals surface area contributed by atoms with Crippen molar-refractivity contribution < 1.29 is 4.42 Å². The van der Waals surface area contributed by atoms with Gasteiger partial charge in [-0.1, -0.05) is 78.9 Å². The summed E-state index contributed by atoms with van der Waals surface area (Å²) in [4.78, 5) is 9.85. The highest BCUT2D eigenvalue weighted by Gasteiger charge is 2.17. The Labute approximate surface area is 167 Å². The molecule has 0 aliphatic rings. The molecule has 2 aromatic heterocycles. The number of nitrogens with zero attached hydrogens (tertiary/aromatic N) is 2. The summed E-state index contributed by atoms with van der Waals surface area (Å²) in [6.07, 6.45) is 0. The van der Waals surface area contributed by atoms with Gasteiger partial charge in [-0.3, -0.25) is 0 Å². The van der Waals surface area contributed by atoms with E-state index in [2.05, 4.69) is 18.2 Å². The molecule has 2 heterocycles. The Morgan fingerprint density at radius 2 is 1.28 bits per heavy atom. The number of hydrogen-bond donors (Lipinski definition) is 0. The van der Waals surface area contributed by atoms with Gasteiger partial charge < -0.3 is 4.42 Å². The summed E-state index contributed by atoms with van der Waals surface area (Å²) in [5.41, 5.74) is 5.67. The number of benzene rings is 4. The quantitative estimate of drug-likeness (QED) is 0.333. The molecule has 29 heavy (non-hydrogen) atoms. The van der Waals surface area contributed by atoms with Crippen LogP contribution in [0.4, 0.5) is 0 Å². The number of rotatable bonds is 2. The molecule has 0 atom stereocenters. The molecule has 136 valence electrons. The van der Waals surface area contributed by atoms with E-state index in [-0.39, 0.29) is 0 Å². The minimum atomic E-state index is 0.726. The molecule has 3 nitrogen and oxygen atoms in total. The first-order valence-electron chi connectivity index (χ1n) is 9.61. The van der Waals surface area contributed by atoms with Gasteiger partial charge in [0.2, 0.25) is 0 Å². The van der Waals surface area contributed by atoms with E-state index in [4.69, 9.17) is 14.4 Å². The van der Waals surface area contributed by atoms with E-state index in [0.717, 1.165) is 55.5 Å². The fraction of sp³-hybridized carbons (Fsp3) is 0. The van der Waals surface area contributed by atoms with Crippen LogP contribution in [-0.2, 0) is 0 Å². The molecule has 6 aromatic rings. The first-order chi connectivity index (χ1) is 14.4. The van der Waals surface area contributed by atoms with E-state index in [1.807, 2.05) is 78.9 Å². The lowest BCUT2D eigenvalue weighted by molar-refractivity contribution is 0.669. The van der Waals surface area contributed by atoms with Crippen molar-refractivity contribution in [2.24, 2.45) is 0 Å². The zero-order chi connectivity index (χ0) is 19.2. The van der Waals surface area contributed by atoms with Gasteiger partial charge in [-0.2, -0.15) is 0 Å². The SMILES string of the molecule is c1ccc(-c2nc(-c3cccc4oc5ccccc5c34)c3ccccc3n2)cc1. The van der Waals surface area contributed by atoms with Crippen LogP contribution in [0.15, 0.2) is 101 Å². The normalized spacial score (nSPS) is 11.4. The van der Waals surface area contributed by atoms with Gasteiger partial charge in [0.1, 0.15) is 11.2 Å². The van der Waals surface area contributed by atoms with Crippen molar-refractivity contribution in [2.75, 3.05) is 0 Å². The molecule has 0 radical (unpaired) electrons. The Morgan fingerprint density at radius 3 is 2.17 bits per heavy atom. The summed E-state index contributed by atoms with van der Waals surface area (Å²) in [6, 6.07) is 32.6. The lowest BCUT2D eigenvalue weighted by atomic mass is 10.00. The number of aromatic nitrogens is 2. The third-order valence-corrected chi connectivity index (χ3v) is 5.29. The van der Waals surface area contributed by atoms with E-state index in [1.165, 1.54) is 0 Å². The molecule has 0 aliphatic carbocycles. The molecule has 0 N–H and O–H groups in total. The average Bonchev–Trinajstić information content (AvgIpc) is 3.18. The van der Waals surface area contributed by atoms with Gasteiger partial charge in [0.15, 0.2) is 5.82 Å². The summed E-state index contributed by atoms with van der Waals surface area (Å²) in [5.74, 6) is 0.726. The van der Waals surface area contributed by atoms with Crippen molar-refractivity contribution in [3.05, 3.63) is 97.1 Å². The van der Waals surface area contributed by atoms with Gasteiger partial charge >= 0.3 is 0 Å². The van der Waals surface area contributed by atoms with E-state index >= 15 is 0 Å². The zero-order valence-corrected chi connectivity index (χ0v) is 15.5. The van der Waals surface area contributed by atoms with Crippen molar-refractivity contribution in [1.29, 1.82) is 0 Å². The van der Waals surface area contributed by atoms with Gasteiger partial charge in [0, 0.05) is 27.3 Å². The van der Waals surface area contributed by atoms with Crippen LogP contribution in [0.25, 0.3) is 55.5 Å². The van der Waals surface area contributed by atoms with Crippen LogP contribution in [0.1, 0.15) is 0 Å². The maximum atomic E-state index is 6.10. The van der Waals surface area contributed by atoms with Crippen LogP contribution in [0.5, 0.6) is 0 Å².